The molecule has 0 atom stereocenters. The number of hydrogen-bond acceptors (Lipinski definition) is 5. The van der Waals surface area contributed by atoms with Crippen molar-refractivity contribution in [2.24, 2.45) is 0 Å². The second kappa shape index (κ2) is 7.58. The Morgan fingerprint density at radius 2 is 1.86 bits per heavy atom. The highest BCUT2D eigenvalue weighted by molar-refractivity contribution is 6.31. The fraction of sp³-hybridized carbons (Fsp3) is 0. The Kier molecular flexibility index (Phi) is 4.82. The van der Waals surface area contributed by atoms with Crippen molar-refractivity contribution in [3.05, 3.63) is 83.5 Å². The van der Waals surface area contributed by atoms with Gasteiger partial charge in [0.2, 0.25) is 5.95 Å². The van der Waals surface area contributed by atoms with Crippen molar-refractivity contribution < 1.29 is 9.18 Å². The van der Waals surface area contributed by atoms with Crippen LogP contribution in [0, 0.1) is 5.82 Å². The molecule has 1 amide bonds. The number of carbonyl (C=O) groups excluding carboxylic acids is 1. The highest BCUT2D eigenvalue weighted by atomic mass is 35.5. The lowest BCUT2D eigenvalue weighted by molar-refractivity contribution is 0.102. The molecule has 138 valence electrons. The Labute approximate surface area is 164 Å². The zero-order chi connectivity index (χ0) is 19.5. The summed E-state index contributed by atoms with van der Waals surface area (Å²) in [7, 11) is 0. The molecule has 6 nitrogen and oxygen atoms in total. The van der Waals surface area contributed by atoms with Crippen molar-refractivity contribution in [3.8, 4) is 0 Å². The number of rotatable bonds is 4. The lowest BCUT2D eigenvalue weighted by Crippen LogP contribution is -2.15. The Morgan fingerprint density at radius 1 is 1.00 bits per heavy atom. The van der Waals surface area contributed by atoms with Crippen molar-refractivity contribution in [2.75, 3.05) is 10.6 Å². The molecular weight excluding hydrogens is 381 g/mol. The van der Waals surface area contributed by atoms with Gasteiger partial charge in [0.15, 0.2) is 0 Å². The number of pyridine rings is 1. The summed E-state index contributed by atoms with van der Waals surface area (Å²) in [6.07, 6.45) is 3.12. The minimum atomic E-state index is -0.523. The number of para-hydroxylation sites is 1. The molecule has 0 aliphatic carbocycles. The number of amides is 1. The zero-order valence-electron chi connectivity index (χ0n) is 14.4. The topological polar surface area (TPSA) is 79.8 Å². The number of carbonyl (C=O) groups is 1. The predicted octanol–water partition coefficient (Wildman–Crippen LogP) is 4.81. The van der Waals surface area contributed by atoms with Crippen LogP contribution >= 0.6 is 11.6 Å². The van der Waals surface area contributed by atoms with E-state index >= 15 is 0 Å². The van der Waals surface area contributed by atoms with E-state index in [9.17, 15) is 9.18 Å². The van der Waals surface area contributed by atoms with Crippen LogP contribution < -0.4 is 10.6 Å². The van der Waals surface area contributed by atoms with Gasteiger partial charge in [-0.2, -0.15) is 0 Å². The van der Waals surface area contributed by atoms with Crippen LogP contribution in [0.4, 0.5) is 21.7 Å². The molecule has 0 bridgehead atoms. The number of nitrogens with one attached hydrogen (secondary N) is 2. The van der Waals surface area contributed by atoms with Crippen molar-refractivity contribution in [2.45, 2.75) is 0 Å². The maximum atomic E-state index is 13.3. The van der Waals surface area contributed by atoms with Crippen LogP contribution in [-0.2, 0) is 0 Å². The summed E-state index contributed by atoms with van der Waals surface area (Å²) in [6, 6.07) is 14.9. The van der Waals surface area contributed by atoms with Gasteiger partial charge >= 0.3 is 0 Å². The van der Waals surface area contributed by atoms with Gasteiger partial charge in [-0.15, -0.1) is 0 Å². The van der Waals surface area contributed by atoms with Crippen molar-refractivity contribution in [1.29, 1.82) is 0 Å². The summed E-state index contributed by atoms with van der Waals surface area (Å²) in [5, 5.41) is 6.60. The number of benzene rings is 2. The van der Waals surface area contributed by atoms with Crippen LogP contribution in [0.1, 0.15) is 10.5 Å². The smallest absolute Gasteiger partial charge is 0.274 e. The molecule has 0 saturated carbocycles. The Bertz CT molecular complexity index is 1180. The first-order chi connectivity index (χ1) is 13.6. The third kappa shape index (κ3) is 3.74. The maximum absolute atomic E-state index is 13.3. The normalized spacial score (nSPS) is 10.6. The van der Waals surface area contributed by atoms with Crippen LogP contribution in [0.3, 0.4) is 0 Å². The summed E-state index contributed by atoms with van der Waals surface area (Å²) < 4.78 is 13.3. The molecule has 0 unspecified atom stereocenters. The van der Waals surface area contributed by atoms with Gasteiger partial charge in [-0.1, -0.05) is 29.8 Å². The summed E-state index contributed by atoms with van der Waals surface area (Å²) in [4.78, 5) is 25.2. The maximum Gasteiger partial charge on any atom is 0.274 e. The average molecular weight is 394 g/mol. The van der Waals surface area contributed by atoms with Gasteiger partial charge in [-0.3, -0.25) is 9.78 Å². The van der Waals surface area contributed by atoms with E-state index in [2.05, 4.69) is 25.6 Å². The van der Waals surface area contributed by atoms with Crippen LogP contribution in [-0.4, -0.2) is 20.9 Å². The van der Waals surface area contributed by atoms with E-state index in [0.29, 0.717) is 16.9 Å². The molecule has 2 aromatic carbocycles. The fourth-order valence-electron chi connectivity index (χ4n) is 2.64. The molecule has 0 aliphatic heterocycles. The van der Waals surface area contributed by atoms with Crippen molar-refractivity contribution >= 4 is 45.7 Å². The Balaban J connectivity index is 1.56. The van der Waals surface area contributed by atoms with E-state index in [1.54, 1.807) is 12.3 Å². The first-order valence-corrected chi connectivity index (χ1v) is 8.68. The Morgan fingerprint density at radius 3 is 2.71 bits per heavy atom. The van der Waals surface area contributed by atoms with E-state index in [1.807, 2.05) is 24.3 Å². The predicted molar refractivity (Wildman–Crippen MR) is 106 cm³/mol. The van der Waals surface area contributed by atoms with E-state index in [-0.39, 0.29) is 16.7 Å². The number of nitrogens with zero attached hydrogens (tertiary/aromatic N) is 3. The molecule has 0 radical (unpaired) electrons. The standard InChI is InChI=1S/C20H13ClFN5O/c21-14-11-13(6-7-15(14)22)25-20-24-10-8-17(27-20)19(28)26-16-5-1-3-12-4-2-9-23-18(12)16/h1-11H,(H,26,28)(H,24,25,27). The highest BCUT2D eigenvalue weighted by Gasteiger charge is 2.12. The molecule has 0 saturated heterocycles. The third-order valence-corrected chi connectivity index (χ3v) is 4.23. The van der Waals surface area contributed by atoms with Gasteiger partial charge in [-0.25, -0.2) is 14.4 Å². The minimum absolute atomic E-state index is 0.0256. The summed E-state index contributed by atoms with van der Waals surface area (Å²) in [6.45, 7) is 0. The van der Waals surface area contributed by atoms with Crippen LogP contribution in [0.25, 0.3) is 10.9 Å². The summed E-state index contributed by atoms with van der Waals surface area (Å²) >= 11 is 5.77. The molecule has 8 heteroatoms. The van der Waals surface area contributed by atoms with Gasteiger partial charge in [0.05, 0.1) is 16.2 Å². The first kappa shape index (κ1) is 17.8. The number of aromatic nitrogens is 3. The third-order valence-electron chi connectivity index (χ3n) is 3.94. The van der Waals surface area contributed by atoms with Gasteiger partial charge in [0, 0.05) is 23.5 Å². The number of hydrogen-bond donors (Lipinski definition) is 2. The number of anilines is 3. The number of halogens is 2. The lowest BCUT2D eigenvalue weighted by atomic mass is 10.2. The molecule has 4 aromatic rings. The fourth-order valence-corrected chi connectivity index (χ4v) is 2.82. The monoisotopic (exact) mass is 393 g/mol. The summed E-state index contributed by atoms with van der Waals surface area (Å²) in [5.41, 5.74) is 1.94. The van der Waals surface area contributed by atoms with Gasteiger partial charge in [-0.05, 0) is 36.4 Å². The van der Waals surface area contributed by atoms with E-state index in [0.717, 1.165) is 5.39 Å². The molecule has 0 aliphatic rings. The second-order valence-electron chi connectivity index (χ2n) is 5.85. The number of fused-ring (bicyclic) bond motifs is 1. The van der Waals surface area contributed by atoms with Crippen molar-refractivity contribution in [3.63, 3.8) is 0 Å². The van der Waals surface area contributed by atoms with Gasteiger partial charge in [0.25, 0.3) is 5.91 Å². The van der Waals surface area contributed by atoms with Crippen molar-refractivity contribution in [1.82, 2.24) is 15.0 Å². The molecule has 4 rings (SSSR count). The van der Waals surface area contributed by atoms with Crippen LogP contribution in [0.15, 0.2) is 67.0 Å². The zero-order valence-corrected chi connectivity index (χ0v) is 15.1. The lowest BCUT2D eigenvalue weighted by Gasteiger charge is -2.09. The molecule has 2 N–H and O–H groups in total. The van der Waals surface area contributed by atoms with E-state index < -0.39 is 11.7 Å². The average Bonchev–Trinajstić information content (AvgIpc) is 2.71. The van der Waals surface area contributed by atoms with Gasteiger partial charge < -0.3 is 10.6 Å². The Hall–Kier alpha value is -3.58. The molecule has 2 aromatic heterocycles. The quantitative estimate of drug-likeness (QED) is 0.520. The van der Waals surface area contributed by atoms with Crippen LogP contribution in [0.2, 0.25) is 5.02 Å². The molecule has 28 heavy (non-hydrogen) atoms. The van der Waals surface area contributed by atoms with Crippen LogP contribution in [0.5, 0.6) is 0 Å². The first-order valence-electron chi connectivity index (χ1n) is 8.30. The minimum Gasteiger partial charge on any atom is -0.324 e. The SMILES string of the molecule is O=C(Nc1cccc2cccnc12)c1ccnc(Nc2ccc(F)c(Cl)c2)n1. The molecular formula is C20H13ClFN5O. The van der Waals surface area contributed by atoms with E-state index in [1.165, 1.54) is 30.5 Å². The highest BCUT2D eigenvalue weighted by Crippen LogP contribution is 2.23. The molecule has 2 heterocycles. The van der Waals surface area contributed by atoms with E-state index in [4.69, 9.17) is 11.6 Å². The second-order valence-corrected chi connectivity index (χ2v) is 6.26. The summed E-state index contributed by atoms with van der Waals surface area (Å²) in [5.74, 6) is -0.739. The molecule has 0 fully saturated rings. The van der Waals surface area contributed by atoms with Gasteiger partial charge in [0.1, 0.15) is 11.5 Å². The molecule has 0 spiro atoms. The largest absolute Gasteiger partial charge is 0.324 e.